The lowest BCUT2D eigenvalue weighted by Gasteiger charge is -2.22. The van der Waals surface area contributed by atoms with Crippen LogP contribution in [-0.2, 0) is 16.1 Å². The van der Waals surface area contributed by atoms with Crippen molar-refractivity contribution in [3.8, 4) is 0 Å². The molecule has 0 saturated heterocycles. The molecule has 25 heavy (non-hydrogen) atoms. The van der Waals surface area contributed by atoms with Crippen molar-refractivity contribution in [3.63, 3.8) is 0 Å². The third-order valence-electron chi connectivity index (χ3n) is 3.89. The maximum absolute atomic E-state index is 12.4. The van der Waals surface area contributed by atoms with Crippen molar-refractivity contribution in [2.45, 2.75) is 39.8 Å². The van der Waals surface area contributed by atoms with Crippen molar-refractivity contribution >= 4 is 23.5 Å². The maximum atomic E-state index is 12.4. The predicted octanol–water partition coefficient (Wildman–Crippen LogP) is 3.52. The molecule has 0 saturated carbocycles. The number of carbonyl (C=O) groups excluding carboxylic acids is 2. The second kappa shape index (κ2) is 8.67. The first kappa shape index (κ1) is 19.0. The average molecular weight is 365 g/mol. The van der Waals surface area contributed by atoms with Gasteiger partial charge in [0.15, 0.2) is 12.4 Å². The van der Waals surface area contributed by atoms with Gasteiger partial charge in [-0.05, 0) is 37.1 Å². The molecular formula is C18H21ClN2O4. The Morgan fingerprint density at radius 1 is 1.32 bits per heavy atom. The van der Waals surface area contributed by atoms with Crippen molar-refractivity contribution in [2.75, 3.05) is 0 Å². The van der Waals surface area contributed by atoms with Crippen LogP contribution in [0.5, 0.6) is 0 Å². The Hall–Kier alpha value is -2.34. The lowest BCUT2D eigenvalue weighted by molar-refractivity contribution is -0.149. The minimum absolute atomic E-state index is 0.0244. The lowest BCUT2D eigenvalue weighted by Crippen LogP contribution is -2.45. The number of hydrogen-bond acceptors (Lipinski definition) is 5. The second-order valence-electron chi connectivity index (χ2n) is 5.89. The van der Waals surface area contributed by atoms with E-state index in [9.17, 15) is 9.59 Å². The van der Waals surface area contributed by atoms with E-state index in [4.69, 9.17) is 20.9 Å². The number of rotatable bonds is 7. The average Bonchev–Trinajstić information content (AvgIpc) is 3.02. The molecule has 1 aromatic carbocycles. The summed E-state index contributed by atoms with van der Waals surface area (Å²) in [5.74, 6) is -0.488. The lowest BCUT2D eigenvalue weighted by atomic mass is 9.99. The number of ether oxygens (including phenoxy) is 1. The fourth-order valence-electron chi connectivity index (χ4n) is 2.21. The number of aromatic nitrogens is 1. The highest BCUT2D eigenvalue weighted by atomic mass is 35.5. The first-order valence-corrected chi connectivity index (χ1v) is 8.43. The maximum Gasteiger partial charge on any atom is 0.329 e. The Morgan fingerprint density at radius 3 is 2.56 bits per heavy atom. The van der Waals surface area contributed by atoms with Gasteiger partial charge in [-0.25, -0.2) is 4.79 Å². The number of halogens is 1. The van der Waals surface area contributed by atoms with E-state index in [-0.39, 0.29) is 18.4 Å². The number of carbonyl (C=O) groups is 2. The van der Waals surface area contributed by atoms with Crippen LogP contribution in [0.15, 0.2) is 34.9 Å². The Morgan fingerprint density at radius 2 is 2.00 bits per heavy atom. The van der Waals surface area contributed by atoms with E-state index < -0.39 is 12.0 Å². The van der Waals surface area contributed by atoms with Gasteiger partial charge in [0.05, 0.1) is 5.69 Å². The molecule has 0 aliphatic carbocycles. The van der Waals surface area contributed by atoms with Crippen molar-refractivity contribution in [1.29, 1.82) is 0 Å². The second-order valence-corrected chi connectivity index (χ2v) is 6.32. The highest BCUT2D eigenvalue weighted by molar-refractivity contribution is 6.30. The first-order valence-electron chi connectivity index (χ1n) is 8.06. The van der Waals surface area contributed by atoms with Gasteiger partial charge in [-0.1, -0.05) is 37.0 Å². The van der Waals surface area contributed by atoms with Crippen molar-refractivity contribution in [3.05, 3.63) is 52.4 Å². The van der Waals surface area contributed by atoms with E-state index >= 15 is 0 Å². The fraction of sp³-hybridized carbons (Fsp3) is 0.389. The summed E-state index contributed by atoms with van der Waals surface area (Å²) in [6.07, 6.45) is 0.710. The SMILES string of the molecule is CCC(C)C(NC(=O)c1ccc(Cl)cc1)C(=O)OCc1cc(C)no1. The van der Waals surface area contributed by atoms with Gasteiger partial charge >= 0.3 is 5.97 Å². The van der Waals surface area contributed by atoms with Crippen LogP contribution in [0.1, 0.15) is 42.1 Å². The first-order chi connectivity index (χ1) is 11.9. The molecule has 0 bridgehead atoms. The van der Waals surface area contributed by atoms with Crippen LogP contribution < -0.4 is 5.32 Å². The molecule has 6 nitrogen and oxygen atoms in total. The molecule has 1 amide bonds. The molecule has 7 heteroatoms. The summed E-state index contributed by atoms with van der Waals surface area (Å²) < 4.78 is 10.3. The van der Waals surface area contributed by atoms with Gasteiger partial charge in [0, 0.05) is 16.7 Å². The standard InChI is InChI=1S/C18H21ClN2O4/c1-4-11(2)16(18(23)24-10-15-9-12(3)21-25-15)20-17(22)13-5-7-14(19)8-6-13/h5-9,11,16H,4,10H2,1-3H3,(H,20,22). The molecule has 0 aliphatic heterocycles. The molecule has 2 atom stereocenters. The Balaban J connectivity index is 2.02. The molecule has 0 spiro atoms. The zero-order chi connectivity index (χ0) is 18.4. The zero-order valence-electron chi connectivity index (χ0n) is 14.4. The van der Waals surface area contributed by atoms with Crippen LogP contribution in [0.4, 0.5) is 0 Å². The van der Waals surface area contributed by atoms with Gasteiger partial charge in [-0.15, -0.1) is 0 Å². The molecule has 2 aromatic rings. The Labute approximate surface area is 151 Å². The summed E-state index contributed by atoms with van der Waals surface area (Å²) in [6, 6.07) is 7.40. The van der Waals surface area contributed by atoms with Crippen LogP contribution >= 0.6 is 11.6 Å². The third kappa shape index (κ3) is 5.32. The molecular weight excluding hydrogens is 344 g/mol. The smallest absolute Gasteiger partial charge is 0.329 e. The molecule has 0 aliphatic rings. The molecule has 0 fully saturated rings. The van der Waals surface area contributed by atoms with Crippen molar-refractivity contribution in [1.82, 2.24) is 10.5 Å². The molecule has 134 valence electrons. The summed E-state index contributed by atoms with van der Waals surface area (Å²) in [4.78, 5) is 24.8. The minimum atomic E-state index is -0.753. The summed E-state index contributed by atoms with van der Waals surface area (Å²) in [7, 11) is 0. The van der Waals surface area contributed by atoms with E-state index in [2.05, 4.69) is 10.5 Å². The van der Waals surface area contributed by atoms with E-state index in [1.165, 1.54) is 0 Å². The third-order valence-corrected chi connectivity index (χ3v) is 4.15. The number of benzene rings is 1. The Bertz CT molecular complexity index is 727. The summed E-state index contributed by atoms with van der Waals surface area (Å²) in [5, 5.41) is 7.02. The van der Waals surface area contributed by atoms with E-state index in [1.807, 2.05) is 13.8 Å². The van der Waals surface area contributed by atoms with Gasteiger partial charge < -0.3 is 14.6 Å². The van der Waals surface area contributed by atoms with Crippen LogP contribution in [0.3, 0.4) is 0 Å². The van der Waals surface area contributed by atoms with Crippen LogP contribution in [0.25, 0.3) is 0 Å². The molecule has 0 radical (unpaired) electrons. The van der Waals surface area contributed by atoms with Crippen LogP contribution in [-0.4, -0.2) is 23.1 Å². The van der Waals surface area contributed by atoms with Gasteiger partial charge in [0.2, 0.25) is 0 Å². The number of hydrogen-bond donors (Lipinski definition) is 1. The highest BCUT2D eigenvalue weighted by Crippen LogP contribution is 2.14. The quantitative estimate of drug-likeness (QED) is 0.760. The van der Waals surface area contributed by atoms with Gasteiger partial charge in [-0.3, -0.25) is 4.79 Å². The molecule has 2 unspecified atom stereocenters. The van der Waals surface area contributed by atoms with E-state index in [0.717, 1.165) is 0 Å². The van der Waals surface area contributed by atoms with Crippen molar-refractivity contribution < 1.29 is 18.8 Å². The molecule has 1 heterocycles. The van der Waals surface area contributed by atoms with Gasteiger partial charge in [0.1, 0.15) is 6.04 Å². The summed E-state index contributed by atoms with van der Waals surface area (Å²) in [6.45, 7) is 5.58. The topological polar surface area (TPSA) is 81.4 Å². The van der Waals surface area contributed by atoms with E-state index in [1.54, 1.807) is 37.3 Å². The molecule has 1 N–H and O–H groups in total. The van der Waals surface area contributed by atoms with Crippen molar-refractivity contribution in [2.24, 2.45) is 5.92 Å². The van der Waals surface area contributed by atoms with E-state index in [0.29, 0.717) is 28.5 Å². The summed E-state index contributed by atoms with van der Waals surface area (Å²) in [5.41, 5.74) is 1.14. The monoisotopic (exact) mass is 364 g/mol. The van der Waals surface area contributed by atoms with Crippen LogP contribution in [0, 0.1) is 12.8 Å². The number of nitrogens with one attached hydrogen (secondary N) is 1. The highest BCUT2D eigenvalue weighted by Gasteiger charge is 2.28. The van der Waals surface area contributed by atoms with Crippen LogP contribution in [0.2, 0.25) is 5.02 Å². The van der Waals surface area contributed by atoms with Gasteiger partial charge in [0.25, 0.3) is 5.91 Å². The number of nitrogens with zero attached hydrogens (tertiary/aromatic N) is 1. The molecule has 1 aromatic heterocycles. The summed E-state index contributed by atoms with van der Waals surface area (Å²) >= 11 is 5.83. The minimum Gasteiger partial charge on any atom is -0.456 e. The molecule has 2 rings (SSSR count). The predicted molar refractivity (Wildman–Crippen MR) is 93.2 cm³/mol. The number of esters is 1. The number of aryl methyl sites for hydroxylation is 1. The zero-order valence-corrected chi connectivity index (χ0v) is 15.2. The normalized spacial score (nSPS) is 13.1. The number of amides is 1. The Kier molecular flexibility index (Phi) is 6.58. The largest absolute Gasteiger partial charge is 0.456 e. The van der Waals surface area contributed by atoms with Gasteiger partial charge in [-0.2, -0.15) is 0 Å². The fourth-order valence-corrected chi connectivity index (χ4v) is 2.34.